The zero-order valence-electron chi connectivity index (χ0n) is 28.5. The van der Waals surface area contributed by atoms with E-state index < -0.39 is 18.2 Å². The molecule has 0 saturated carbocycles. The van der Waals surface area contributed by atoms with Crippen molar-refractivity contribution in [3.05, 3.63) is 95.6 Å². The van der Waals surface area contributed by atoms with Crippen LogP contribution in [0.2, 0.25) is 0 Å². The maximum absolute atomic E-state index is 14.0. The summed E-state index contributed by atoms with van der Waals surface area (Å²) in [5, 5.41) is 15.8. The molecule has 0 bridgehead atoms. The van der Waals surface area contributed by atoms with Crippen molar-refractivity contribution < 1.29 is 29.0 Å². The standard InChI is InChI=1S/C38H46N6O6/c1-3-16-42-28-37(47)43(33(29-45)23-30-12-14-34(46)15-13-30)36(44(42)38(48)39-25-31-8-5-4-6-9-31)27-40(2)26-32-10-7-11-35(24-32)50-22-19-41-17-20-49-21-18-41/h1,4-15,24,29,33,36,46H,16-23,25-28H2,2H3,(H,39,48)/t33-,36?/m0/s1. The zero-order valence-corrected chi connectivity index (χ0v) is 28.5. The number of nitrogens with one attached hydrogen (secondary N) is 1. The predicted molar refractivity (Wildman–Crippen MR) is 189 cm³/mol. The number of rotatable bonds is 15. The Morgan fingerprint density at radius 3 is 2.54 bits per heavy atom. The smallest absolute Gasteiger partial charge is 0.334 e. The molecule has 3 amide bonds. The van der Waals surface area contributed by atoms with Gasteiger partial charge in [0.1, 0.15) is 30.6 Å². The number of urea groups is 1. The lowest BCUT2D eigenvalue weighted by Gasteiger charge is -2.51. The summed E-state index contributed by atoms with van der Waals surface area (Å²) in [6, 6.07) is 22.6. The van der Waals surface area contributed by atoms with Crippen LogP contribution in [0.5, 0.6) is 11.5 Å². The van der Waals surface area contributed by atoms with Gasteiger partial charge in [-0.25, -0.2) is 9.80 Å². The molecule has 0 aliphatic carbocycles. The van der Waals surface area contributed by atoms with Crippen molar-refractivity contribution in [2.24, 2.45) is 0 Å². The number of aromatic hydroxyl groups is 1. The second kappa shape index (κ2) is 18.2. The first-order valence-electron chi connectivity index (χ1n) is 16.9. The molecule has 0 radical (unpaired) electrons. The molecule has 2 N–H and O–H groups in total. The Bertz CT molecular complexity index is 1590. The average Bonchev–Trinajstić information content (AvgIpc) is 3.12. The third kappa shape index (κ3) is 10.1. The van der Waals surface area contributed by atoms with Crippen LogP contribution in [-0.2, 0) is 33.8 Å². The Balaban J connectivity index is 1.36. The summed E-state index contributed by atoms with van der Waals surface area (Å²) in [5.41, 5.74) is 2.66. The summed E-state index contributed by atoms with van der Waals surface area (Å²) >= 11 is 0. The van der Waals surface area contributed by atoms with Gasteiger partial charge in [0.05, 0.1) is 32.3 Å². The third-order valence-corrected chi connectivity index (χ3v) is 8.78. The van der Waals surface area contributed by atoms with Gasteiger partial charge in [-0.15, -0.1) is 6.42 Å². The van der Waals surface area contributed by atoms with Crippen LogP contribution in [0.3, 0.4) is 0 Å². The molecule has 2 heterocycles. The van der Waals surface area contributed by atoms with Crippen molar-refractivity contribution in [3.63, 3.8) is 0 Å². The number of phenolic OH excluding ortho intramolecular Hbond substituents is 1. The van der Waals surface area contributed by atoms with E-state index in [0.29, 0.717) is 13.2 Å². The van der Waals surface area contributed by atoms with E-state index in [1.54, 1.807) is 29.3 Å². The number of hydrogen-bond donors (Lipinski definition) is 2. The van der Waals surface area contributed by atoms with Gasteiger partial charge in [-0.05, 0) is 54.4 Å². The van der Waals surface area contributed by atoms with E-state index in [9.17, 15) is 19.5 Å². The maximum Gasteiger partial charge on any atom is 0.334 e. The number of benzene rings is 3. The molecular formula is C38H46N6O6. The second-order valence-electron chi connectivity index (χ2n) is 12.5. The molecule has 12 nitrogen and oxygen atoms in total. The lowest BCUT2D eigenvalue weighted by molar-refractivity contribution is -0.173. The van der Waals surface area contributed by atoms with Gasteiger partial charge in [-0.2, -0.15) is 5.01 Å². The SMILES string of the molecule is C#CCN1CC(=O)N([C@H](C=O)Cc2ccc(O)cc2)C(CN(C)Cc2cccc(OCCN3CCOCC3)c2)N1C(=O)NCc1ccccc1. The lowest BCUT2D eigenvalue weighted by atomic mass is 10.0. The number of phenols is 1. The largest absolute Gasteiger partial charge is 0.508 e. The number of likely N-dealkylation sites (N-methyl/N-ethyl adjacent to an activating group) is 1. The highest BCUT2D eigenvalue weighted by Crippen LogP contribution is 2.24. The van der Waals surface area contributed by atoms with Crippen molar-refractivity contribution in [1.82, 2.24) is 30.0 Å². The molecule has 0 spiro atoms. The van der Waals surface area contributed by atoms with E-state index in [4.69, 9.17) is 15.9 Å². The lowest BCUT2D eigenvalue weighted by Crippen LogP contribution is -2.72. The highest BCUT2D eigenvalue weighted by atomic mass is 16.5. The summed E-state index contributed by atoms with van der Waals surface area (Å²) in [7, 11) is 1.91. The number of terminal acetylenes is 1. The first-order chi connectivity index (χ1) is 24.3. The minimum absolute atomic E-state index is 0.0199. The Labute approximate surface area is 294 Å². The summed E-state index contributed by atoms with van der Waals surface area (Å²) < 4.78 is 11.5. The predicted octanol–water partition coefficient (Wildman–Crippen LogP) is 2.58. The fraction of sp³-hybridized carbons (Fsp3) is 0.395. The first-order valence-corrected chi connectivity index (χ1v) is 16.9. The van der Waals surface area contributed by atoms with Crippen molar-refractivity contribution >= 4 is 18.2 Å². The number of amides is 3. The van der Waals surface area contributed by atoms with Gasteiger partial charge in [0.15, 0.2) is 0 Å². The van der Waals surface area contributed by atoms with E-state index in [0.717, 1.165) is 61.6 Å². The molecule has 1 unspecified atom stereocenters. The topological polar surface area (TPSA) is 118 Å². The first kappa shape index (κ1) is 36.4. The van der Waals surface area contributed by atoms with Gasteiger partial charge >= 0.3 is 6.03 Å². The highest BCUT2D eigenvalue weighted by Gasteiger charge is 2.45. The summed E-state index contributed by atoms with van der Waals surface area (Å²) in [6.45, 7) is 5.46. The summed E-state index contributed by atoms with van der Waals surface area (Å²) in [5.74, 6) is 3.12. The van der Waals surface area contributed by atoms with Gasteiger partial charge in [0.2, 0.25) is 5.91 Å². The maximum atomic E-state index is 14.0. The average molecular weight is 683 g/mol. The Morgan fingerprint density at radius 2 is 1.82 bits per heavy atom. The quantitative estimate of drug-likeness (QED) is 0.184. The van der Waals surface area contributed by atoms with Gasteiger partial charge in [0.25, 0.3) is 0 Å². The van der Waals surface area contributed by atoms with Crippen LogP contribution in [0.15, 0.2) is 78.9 Å². The van der Waals surface area contributed by atoms with Crippen LogP contribution >= 0.6 is 0 Å². The van der Waals surface area contributed by atoms with E-state index in [2.05, 4.69) is 16.1 Å². The summed E-state index contributed by atoms with van der Waals surface area (Å²) in [6.07, 6.45) is 5.80. The van der Waals surface area contributed by atoms with E-state index >= 15 is 0 Å². The van der Waals surface area contributed by atoms with Crippen LogP contribution < -0.4 is 10.1 Å². The Kier molecular flexibility index (Phi) is 13.2. The number of carbonyl (C=O) groups is 3. The Hall–Kier alpha value is -4.93. The van der Waals surface area contributed by atoms with Crippen LogP contribution in [0.1, 0.15) is 16.7 Å². The van der Waals surface area contributed by atoms with Crippen molar-refractivity contribution in [2.45, 2.75) is 31.7 Å². The highest BCUT2D eigenvalue weighted by molar-refractivity contribution is 5.85. The molecular weight excluding hydrogens is 636 g/mol. The van der Waals surface area contributed by atoms with Crippen LogP contribution in [-0.4, -0.2) is 126 Å². The summed E-state index contributed by atoms with van der Waals surface area (Å²) in [4.78, 5) is 46.5. The van der Waals surface area contributed by atoms with Crippen molar-refractivity contribution in [2.75, 3.05) is 66.1 Å². The van der Waals surface area contributed by atoms with Gasteiger partial charge in [-0.1, -0.05) is 60.5 Å². The number of ether oxygens (including phenoxy) is 2. The molecule has 0 aromatic heterocycles. The minimum atomic E-state index is -0.883. The van der Waals surface area contributed by atoms with Crippen LogP contribution in [0.25, 0.3) is 0 Å². The molecule has 2 aliphatic rings. The van der Waals surface area contributed by atoms with Crippen LogP contribution in [0, 0.1) is 12.3 Å². The molecule has 50 heavy (non-hydrogen) atoms. The Morgan fingerprint density at radius 1 is 1.08 bits per heavy atom. The number of hydrogen-bond acceptors (Lipinski definition) is 9. The number of nitrogens with zero attached hydrogens (tertiary/aromatic N) is 5. The van der Waals surface area contributed by atoms with Crippen LogP contribution in [0.4, 0.5) is 4.79 Å². The third-order valence-electron chi connectivity index (χ3n) is 8.78. The molecule has 2 atom stereocenters. The molecule has 3 aromatic carbocycles. The molecule has 264 valence electrons. The number of hydrazine groups is 1. The van der Waals surface area contributed by atoms with Crippen molar-refractivity contribution in [3.8, 4) is 23.8 Å². The molecule has 2 fully saturated rings. The zero-order chi connectivity index (χ0) is 35.3. The molecule has 2 saturated heterocycles. The minimum Gasteiger partial charge on any atom is -0.508 e. The van der Waals surface area contributed by atoms with E-state index in [1.165, 1.54) is 9.91 Å². The van der Waals surface area contributed by atoms with Crippen molar-refractivity contribution in [1.29, 1.82) is 0 Å². The van der Waals surface area contributed by atoms with Gasteiger partial charge in [0, 0.05) is 39.3 Å². The second-order valence-corrected chi connectivity index (χ2v) is 12.5. The molecule has 5 rings (SSSR count). The van der Waals surface area contributed by atoms with Gasteiger partial charge < -0.3 is 29.6 Å². The monoisotopic (exact) mass is 682 g/mol. The fourth-order valence-corrected chi connectivity index (χ4v) is 6.31. The molecule has 2 aliphatic heterocycles. The number of aldehydes is 1. The molecule has 3 aromatic rings. The van der Waals surface area contributed by atoms with E-state index in [-0.39, 0.29) is 44.3 Å². The normalized spacial score (nSPS) is 17.7. The van der Waals surface area contributed by atoms with E-state index in [1.807, 2.05) is 66.5 Å². The molecule has 12 heteroatoms. The fourth-order valence-electron chi connectivity index (χ4n) is 6.31. The number of carbonyl (C=O) groups excluding carboxylic acids is 3. The number of morpholine rings is 1. The van der Waals surface area contributed by atoms with Gasteiger partial charge in [-0.3, -0.25) is 14.6 Å².